The molecule has 0 N–H and O–H groups in total. The van der Waals surface area contributed by atoms with Crippen LogP contribution in [0.1, 0.15) is 32.8 Å². The van der Waals surface area contributed by atoms with E-state index in [-0.39, 0.29) is 16.6 Å². The predicted octanol–water partition coefficient (Wildman–Crippen LogP) is 5.26. The van der Waals surface area contributed by atoms with Crippen LogP contribution in [0.15, 0.2) is 30.5 Å². The Kier molecular flexibility index (Phi) is 4.51. The Morgan fingerprint density at radius 3 is 2.40 bits per heavy atom. The van der Waals surface area contributed by atoms with Crippen LogP contribution >= 0.6 is 23.2 Å². The lowest BCUT2D eigenvalue weighted by Gasteiger charge is -2.23. The molecule has 0 saturated heterocycles. The van der Waals surface area contributed by atoms with E-state index >= 15 is 0 Å². The molecule has 1 heterocycles. The molecule has 0 spiro atoms. The summed E-state index contributed by atoms with van der Waals surface area (Å²) in [6.07, 6.45) is 2.49. The van der Waals surface area contributed by atoms with Gasteiger partial charge < -0.3 is 4.74 Å². The molecule has 1 aromatic heterocycles. The standard InChI is InChI=1S/C15H16Cl2N2O/c1-4-15(2,3)10-5-7-11(8-6-10)20-13-12(16)9-18-14(17)19-13/h5-9H,4H2,1-3H3. The molecule has 0 aliphatic carbocycles. The molecule has 0 saturated carbocycles. The topological polar surface area (TPSA) is 35.0 Å². The van der Waals surface area contributed by atoms with Gasteiger partial charge in [-0.1, -0.05) is 44.5 Å². The number of aromatic nitrogens is 2. The number of ether oxygens (including phenoxy) is 1. The van der Waals surface area contributed by atoms with Crippen LogP contribution in [0.2, 0.25) is 10.3 Å². The van der Waals surface area contributed by atoms with E-state index in [1.165, 1.54) is 11.8 Å². The number of rotatable bonds is 4. The Balaban J connectivity index is 2.21. The summed E-state index contributed by atoms with van der Waals surface area (Å²) in [6.45, 7) is 6.60. The van der Waals surface area contributed by atoms with Crippen molar-refractivity contribution >= 4 is 23.2 Å². The van der Waals surface area contributed by atoms with Crippen LogP contribution in [0.3, 0.4) is 0 Å². The number of nitrogens with zero attached hydrogens (tertiary/aromatic N) is 2. The molecule has 0 atom stereocenters. The maximum absolute atomic E-state index is 5.96. The third-order valence-electron chi connectivity index (χ3n) is 3.42. The summed E-state index contributed by atoms with van der Waals surface area (Å²) in [7, 11) is 0. The second kappa shape index (κ2) is 5.98. The van der Waals surface area contributed by atoms with Crippen LogP contribution in [0.5, 0.6) is 11.6 Å². The third-order valence-corrected chi connectivity index (χ3v) is 3.86. The monoisotopic (exact) mass is 310 g/mol. The molecule has 0 radical (unpaired) electrons. The first-order chi connectivity index (χ1) is 9.42. The van der Waals surface area contributed by atoms with E-state index in [9.17, 15) is 0 Å². The highest BCUT2D eigenvalue weighted by Gasteiger charge is 2.17. The van der Waals surface area contributed by atoms with Gasteiger partial charge in [-0.05, 0) is 41.1 Å². The first-order valence-corrected chi connectivity index (χ1v) is 7.14. The lowest BCUT2D eigenvalue weighted by Crippen LogP contribution is -2.14. The van der Waals surface area contributed by atoms with Crippen LogP contribution in [0.4, 0.5) is 0 Å². The van der Waals surface area contributed by atoms with E-state index in [2.05, 4.69) is 42.9 Å². The van der Waals surface area contributed by atoms with E-state index in [0.29, 0.717) is 10.8 Å². The minimum atomic E-state index is 0.105. The second-order valence-electron chi connectivity index (χ2n) is 5.16. The molecular formula is C15H16Cl2N2O. The molecule has 106 valence electrons. The zero-order valence-corrected chi connectivity index (χ0v) is 13.2. The van der Waals surface area contributed by atoms with E-state index < -0.39 is 0 Å². The second-order valence-corrected chi connectivity index (χ2v) is 5.90. The van der Waals surface area contributed by atoms with Crippen molar-refractivity contribution in [2.24, 2.45) is 0 Å². The van der Waals surface area contributed by atoms with E-state index in [1.54, 1.807) is 0 Å². The van der Waals surface area contributed by atoms with Crippen LogP contribution in [-0.4, -0.2) is 9.97 Å². The fourth-order valence-corrected chi connectivity index (χ4v) is 1.95. The molecule has 3 nitrogen and oxygen atoms in total. The van der Waals surface area contributed by atoms with Crippen molar-refractivity contribution in [2.75, 3.05) is 0 Å². The van der Waals surface area contributed by atoms with Gasteiger partial charge in [-0.3, -0.25) is 0 Å². The number of hydrogen-bond acceptors (Lipinski definition) is 3. The van der Waals surface area contributed by atoms with Crippen molar-refractivity contribution in [1.29, 1.82) is 0 Å². The van der Waals surface area contributed by atoms with Gasteiger partial charge in [0, 0.05) is 0 Å². The smallest absolute Gasteiger partial charge is 0.242 e. The quantitative estimate of drug-likeness (QED) is 0.722. The highest BCUT2D eigenvalue weighted by molar-refractivity contribution is 6.32. The minimum absolute atomic E-state index is 0.105. The number of halogens is 2. The molecule has 0 aliphatic rings. The third kappa shape index (κ3) is 3.41. The molecule has 0 bridgehead atoms. The van der Waals surface area contributed by atoms with Gasteiger partial charge in [0.25, 0.3) is 0 Å². The van der Waals surface area contributed by atoms with Gasteiger partial charge in [0.05, 0.1) is 6.20 Å². The first-order valence-electron chi connectivity index (χ1n) is 6.39. The zero-order chi connectivity index (χ0) is 14.8. The molecule has 1 aromatic carbocycles. The van der Waals surface area contributed by atoms with Gasteiger partial charge in [0.15, 0.2) is 0 Å². The Morgan fingerprint density at radius 2 is 1.80 bits per heavy atom. The van der Waals surface area contributed by atoms with Crippen molar-refractivity contribution in [3.63, 3.8) is 0 Å². The van der Waals surface area contributed by atoms with Gasteiger partial charge in [-0.2, -0.15) is 4.98 Å². The Morgan fingerprint density at radius 1 is 1.15 bits per heavy atom. The van der Waals surface area contributed by atoms with Crippen molar-refractivity contribution < 1.29 is 4.74 Å². The van der Waals surface area contributed by atoms with E-state index in [4.69, 9.17) is 27.9 Å². The molecule has 20 heavy (non-hydrogen) atoms. The van der Waals surface area contributed by atoms with Gasteiger partial charge >= 0.3 is 0 Å². The highest BCUT2D eigenvalue weighted by Crippen LogP contribution is 2.31. The Labute approximate surface area is 128 Å². The van der Waals surface area contributed by atoms with E-state index in [0.717, 1.165) is 6.42 Å². The average molecular weight is 311 g/mol. The molecule has 0 amide bonds. The van der Waals surface area contributed by atoms with Crippen molar-refractivity contribution in [3.05, 3.63) is 46.3 Å². The maximum Gasteiger partial charge on any atom is 0.242 e. The molecular weight excluding hydrogens is 295 g/mol. The number of hydrogen-bond donors (Lipinski definition) is 0. The average Bonchev–Trinajstić information content (AvgIpc) is 2.43. The first kappa shape index (κ1) is 15.1. The maximum atomic E-state index is 5.96. The molecule has 0 unspecified atom stereocenters. The van der Waals surface area contributed by atoms with Crippen LogP contribution in [-0.2, 0) is 5.41 Å². The summed E-state index contributed by atoms with van der Waals surface area (Å²) >= 11 is 11.7. The van der Waals surface area contributed by atoms with Crippen LogP contribution in [0.25, 0.3) is 0 Å². The van der Waals surface area contributed by atoms with Gasteiger partial charge in [-0.15, -0.1) is 0 Å². The molecule has 0 aliphatic heterocycles. The normalized spacial score (nSPS) is 11.4. The van der Waals surface area contributed by atoms with Crippen molar-refractivity contribution in [2.45, 2.75) is 32.6 Å². The molecule has 5 heteroatoms. The summed E-state index contributed by atoms with van der Waals surface area (Å²) in [5.41, 5.74) is 1.41. The SMILES string of the molecule is CCC(C)(C)c1ccc(Oc2nc(Cl)ncc2Cl)cc1. The Hall–Kier alpha value is -1.32. The molecule has 0 fully saturated rings. The summed E-state index contributed by atoms with van der Waals surface area (Å²) in [4.78, 5) is 7.74. The van der Waals surface area contributed by atoms with Crippen molar-refractivity contribution in [3.8, 4) is 11.6 Å². The fourth-order valence-electron chi connectivity index (χ4n) is 1.69. The summed E-state index contributed by atoms with van der Waals surface area (Å²) in [6, 6.07) is 7.91. The minimum Gasteiger partial charge on any atom is -0.437 e. The lowest BCUT2D eigenvalue weighted by atomic mass is 9.82. The van der Waals surface area contributed by atoms with Crippen molar-refractivity contribution in [1.82, 2.24) is 9.97 Å². The number of benzene rings is 1. The molecule has 2 rings (SSSR count). The predicted molar refractivity (Wildman–Crippen MR) is 81.9 cm³/mol. The highest BCUT2D eigenvalue weighted by atomic mass is 35.5. The fraction of sp³-hybridized carbons (Fsp3) is 0.333. The van der Waals surface area contributed by atoms with Gasteiger partial charge in [0.1, 0.15) is 10.8 Å². The summed E-state index contributed by atoms with van der Waals surface area (Å²) in [5, 5.41) is 0.431. The summed E-state index contributed by atoms with van der Waals surface area (Å²) in [5.74, 6) is 0.923. The zero-order valence-electron chi connectivity index (χ0n) is 11.7. The van der Waals surface area contributed by atoms with Crippen LogP contribution < -0.4 is 4.74 Å². The Bertz CT molecular complexity index is 597. The largest absolute Gasteiger partial charge is 0.437 e. The van der Waals surface area contributed by atoms with Gasteiger partial charge in [0.2, 0.25) is 11.2 Å². The van der Waals surface area contributed by atoms with Gasteiger partial charge in [-0.25, -0.2) is 4.98 Å². The van der Waals surface area contributed by atoms with E-state index in [1.807, 2.05) is 12.1 Å². The summed E-state index contributed by atoms with van der Waals surface area (Å²) < 4.78 is 5.62. The van der Waals surface area contributed by atoms with Crippen LogP contribution in [0, 0.1) is 0 Å². The lowest BCUT2D eigenvalue weighted by molar-refractivity contribution is 0.459. The molecule has 2 aromatic rings.